The molecule has 1 aromatic carbocycles. The van der Waals surface area contributed by atoms with Gasteiger partial charge in [0.15, 0.2) is 0 Å². The smallest absolute Gasteiger partial charge is 0.256 e. The molecule has 0 radical (unpaired) electrons. The minimum absolute atomic E-state index is 0.116. The number of benzene rings is 1. The first-order valence-electron chi connectivity index (χ1n) is 6.09. The van der Waals surface area contributed by atoms with Crippen LogP contribution in [0.15, 0.2) is 12.1 Å². The fraction of sp³-hybridized carbons (Fsp3) is 0.500. The molecule has 1 aromatic rings. The molecule has 0 atom stereocenters. The Morgan fingerprint density at radius 1 is 1.32 bits per heavy atom. The number of rotatable bonds is 4. The molecule has 0 heterocycles. The van der Waals surface area contributed by atoms with Gasteiger partial charge in [-0.15, -0.1) is 0 Å². The van der Waals surface area contributed by atoms with E-state index >= 15 is 0 Å². The van der Waals surface area contributed by atoms with Crippen LogP contribution in [0.5, 0.6) is 0 Å². The van der Waals surface area contributed by atoms with Crippen molar-refractivity contribution in [3.8, 4) is 0 Å². The van der Waals surface area contributed by atoms with Crippen molar-refractivity contribution in [1.82, 2.24) is 4.90 Å². The number of hydrogen-bond acceptors (Lipinski definition) is 2. The normalized spacial score (nSPS) is 11.5. The number of nitrogens with two attached hydrogens (primary N) is 1. The molecule has 0 bridgehead atoms. The van der Waals surface area contributed by atoms with Crippen LogP contribution in [-0.2, 0) is 0 Å². The van der Waals surface area contributed by atoms with Crippen molar-refractivity contribution >= 4 is 5.91 Å². The molecule has 0 fully saturated rings. The second kappa shape index (κ2) is 5.65. The molecule has 0 aliphatic carbocycles. The van der Waals surface area contributed by atoms with Gasteiger partial charge in [0.25, 0.3) is 5.91 Å². The Morgan fingerprint density at radius 3 is 2.42 bits per heavy atom. The van der Waals surface area contributed by atoms with E-state index in [1.807, 2.05) is 13.8 Å². The van der Waals surface area contributed by atoms with Crippen LogP contribution in [0, 0.1) is 24.0 Å². The minimum Gasteiger partial charge on any atom is -0.341 e. The maximum absolute atomic E-state index is 13.6. The third-order valence-corrected chi connectivity index (χ3v) is 3.04. The fourth-order valence-corrected chi connectivity index (χ4v) is 1.81. The van der Waals surface area contributed by atoms with E-state index < -0.39 is 17.5 Å². The standard InChI is InChI=1S/C14H20F2N2O/c1-9-5-10(12(16)6-11(9)15)13(19)18(4)8-14(2,3)7-17/h5-6H,7-8,17H2,1-4H3. The highest BCUT2D eigenvalue weighted by Gasteiger charge is 2.24. The first-order chi connectivity index (χ1) is 8.68. The van der Waals surface area contributed by atoms with E-state index in [2.05, 4.69) is 0 Å². The molecular formula is C14H20F2N2O. The number of hydrogen-bond donors (Lipinski definition) is 1. The largest absolute Gasteiger partial charge is 0.341 e. The maximum Gasteiger partial charge on any atom is 0.256 e. The molecule has 0 aromatic heterocycles. The van der Waals surface area contributed by atoms with Crippen LogP contribution in [-0.4, -0.2) is 30.9 Å². The third-order valence-electron chi connectivity index (χ3n) is 3.04. The lowest BCUT2D eigenvalue weighted by Gasteiger charge is -2.29. The number of carbonyl (C=O) groups is 1. The van der Waals surface area contributed by atoms with Crippen LogP contribution in [0.1, 0.15) is 29.8 Å². The molecule has 0 aliphatic heterocycles. The Morgan fingerprint density at radius 2 is 1.89 bits per heavy atom. The van der Waals surface area contributed by atoms with Crippen LogP contribution < -0.4 is 5.73 Å². The van der Waals surface area contributed by atoms with Crippen molar-refractivity contribution in [2.24, 2.45) is 11.1 Å². The first-order valence-corrected chi connectivity index (χ1v) is 6.09. The molecule has 0 spiro atoms. The van der Waals surface area contributed by atoms with Gasteiger partial charge in [0, 0.05) is 19.7 Å². The Kier molecular flexibility index (Phi) is 4.63. The molecule has 19 heavy (non-hydrogen) atoms. The molecule has 0 saturated carbocycles. The summed E-state index contributed by atoms with van der Waals surface area (Å²) in [5.74, 6) is -1.97. The molecule has 3 nitrogen and oxygen atoms in total. The summed E-state index contributed by atoms with van der Waals surface area (Å²) in [4.78, 5) is 13.6. The highest BCUT2D eigenvalue weighted by atomic mass is 19.1. The number of aryl methyl sites for hydroxylation is 1. The number of nitrogens with zero attached hydrogens (tertiary/aromatic N) is 1. The average Bonchev–Trinajstić information content (AvgIpc) is 2.32. The molecule has 1 rings (SSSR count). The van der Waals surface area contributed by atoms with E-state index in [0.717, 1.165) is 6.07 Å². The quantitative estimate of drug-likeness (QED) is 0.912. The topological polar surface area (TPSA) is 46.3 Å². The molecule has 2 N–H and O–H groups in total. The van der Waals surface area contributed by atoms with Gasteiger partial charge in [-0.3, -0.25) is 4.79 Å². The molecular weight excluding hydrogens is 250 g/mol. The van der Waals surface area contributed by atoms with Gasteiger partial charge in [-0.1, -0.05) is 13.8 Å². The Bertz CT molecular complexity index is 487. The summed E-state index contributed by atoms with van der Waals surface area (Å²) in [5, 5.41) is 0. The summed E-state index contributed by atoms with van der Waals surface area (Å²) in [6.07, 6.45) is 0. The van der Waals surface area contributed by atoms with Gasteiger partial charge in [-0.25, -0.2) is 8.78 Å². The predicted octanol–water partition coefficient (Wildman–Crippen LogP) is 2.33. The van der Waals surface area contributed by atoms with E-state index in [0.29, 0.717) is 13.1 Å². The summed E-state index contributed by atoms with van der Waals surface area (Å²) in [6.45, 7) is 6.15. The van der Waals surface area contributed by atoms with Gasteiger partial charge in [-0.2, -0.15) is 0 Å². The van der Waals surface area contributed by atoms with Crippen LogP contribution in [0.25, 0.3) is 0 Å². The van der Waals surface area contributed by atoms with E-state index in [4.69, 9.17) is 5.73 Å². The van der Waals surface area contributed by atoms with Crippen LogP contribution in [0.3, 0.4) is 0 Å². The summed E-state index contributed by atoms with van der Waals surface area (Å²) in [7, 11) is 1.58. The van der Waals surface area contributed by atoms with Crippen molar-refractivity contribution in [1.29, 1.82) is 0 Å². The first kappa shape index (κ1) is 15.6. The predicted molar refractivity (Wildman–Crippen MR) is 70.9 cm³/mol. The fourth-order valence-electron chi connectivity index (χ4n) is 1.81. The van der Waals surface area contributed by atoms with Crippen LogP contribution in [0.2, 0.25) is 0 Å². The van der Waals surface area contributed by atoms with Crippen molar-refractivity contribution in [2.45, 2.75) is 20.8 Å². The summed E-state index contributed by atoms with van der Waals surface area (Å²) in [5.41, 5.74) is 5.48. The third kappa shape index (κ3) is 3.73. The highest BCUT2D eigenvalue weighted by Crippen LogP contribution is 2.19. The lowest BCUT2D eigenvalue weighted by Crippen LogP contribution is -2.40. The lowest BCUT2D eigenvalue weighted by molar-refractivity contribution is 0.0735. The van der Waals surface area contributed by atoms with Gasteiger partial charge < -0.3 is 10.6 Å². The summed E-state index contributed by atoms with van der Waals surface area (Å²) in [6, 6.07) is 1.98. The van der Waals surface area contributed by atoms with E-state index in [9.17, 15) is 13.6 Å². The number of carbonyl (C=O) groups excluding carboxylic acids is 1. The van der Waals surface area contributed by atoms with Crippen molar-refractivity contribution < 1.29 is 13.6 Å². The molecule has 106 valence electrons. The van der Waals surface area contributed by atoms with E-state index in [-0.39, 0.29) is 16.5 Å². The number of halogens is 2. The van der Waals surface area contributed by atoms with E-state index in [1.54, 1.807) is 7.05 Å². The van der Waals surface area contributed by atoms with Crippen molar-refractivity contribution in [3.63, 3.8) is 0 Å². The Labute approximate surface area is 112 Å². The van der Waals surface area contributed by atoms with Gasteiger partial charge in [-0.05, 0) is 30.5 Å². The highest BCUT2D eigenvalue weighted by molar-refractivity contribution is 5.94. The Hall–Kier alpha value is -1.49. The maximum atomic E-state index is 13.6. The average molecular weight is 270 g/mol. The van der Waals surface area contributed by atoms with Gasteiger partial charge in [0.05, 0.1) is 5.56 Å². The molecule has 0 aliphatic rings. The SMILES string of the molecule is Cc1cc(C(=O)N(C)CC(C)(C)CN)c(F)cc1F. The zero-order valence-electron chi connectivity index (χ0n) is 11.8. The minimum atomic E-state index is -0.842. The zero-order valence-corrected chi connectivity index (χ0v) is 11.8. The monoisotopic (exact) mass is 270 g/mol. The number of amides is 1. The second-order valence-corrected chi connectivity index (χ2v) is 5.61. The van der Waals surface area contributed by atoms with Gasteiger partial charge >= 0.3 is 0 Å². The van der Waals surface area contributed by atoms with Crippen molar-refractivity contribution in [3.05, 3.63) is 34.9 Å². The molecule has 1 amide bonds. The second-order valence-electron chi connectivity index (χ2n) is 5.61. The van der Waals surface area contributed by atoms with Crippen LogP contribution in [0.4, 0.5) is 8.78 Å². The summed E-state index contributed by atoms with van der Waals surface area (Å²) < 4.78 is 26.8. The van der Waals surface area contributed by atoms with Gasteiger partial charge in [0.1, 0.15) is 11.6 Å². The lowest BCUT2D eigenvalue weighted by atomic mass is 9.93. The zero-order chi connectivity index (χ0) is 14.8. The van der Waals surface area contributed by atoms with Crippen molar-refractivity contribution in [2.75, 3.05) is 20.1 Å². The molecule has 0 unspecified atom stereocenters. The van der Waals surface area contributed by atoms with E-state index in [1.165, 1.54) is 17.9 Å². The Balaban J connectivity index is 2.98. The molecule has 5 heteroatoms. The summed E-state index contributed by atoms with van der Waals surface area (Å²) >= 11 is 0. The van der Waals surface area contributed by atoms with Gasteiger partial charge in [0.2, 0.25) is 0 Å². The van der Waals surface area contributed by atoms with Crippen LogP contribution >= 0.6 is 0 Å². The molecule has 0 saturated heterocycles.